The van der Waals surface area contributed by atoms with Gasteiger partial charge in [0.25, 0.3) is 5.91 Å². The van der Waals surface area contributed by atoms with E-state index in [1.54, 1.807) is 0 Å². The molecule has 7 heteroatoms. The lowest BCUT2D eigenvalue weighted by atomic mass is 10.1. The Morgan fingerprint density at radius 1 is 1.21 bits per heavy atom. The molecule has 19 heavy (non-hydrogen) atoms. The Labute approximate surface area is 112 Å². The Hall–Kier alpha value is -2.47. The molecule has 1 aromatic heterocycles. The van der Waals surface area contributed by atoms with Crippen LogP contribution < -0.4 is 5.32 Å². The molecule has 0 atom stereocenters. The highest BCUT2D eigenvalue weighted by molar-refractivity contribution is 6.32. The van der Waals surface area contributed by atoms with E-state index in [9.17, 15) is 14.7 Å². The van der Waals surface area contributed by atoms with Gasteiger partial charge in [0.2, 0.25) is 5.22 Å². The van der Waals surface area contributed by atoms with Crippen molar-refractivity contribution in [1.29, 1.82) is 0 Å². The number of hydrogen-bond donors (Lipinski definition) is 3. The fourth-order valence-corrected chi connectivity index (χ4v) is 1.66. The smallest absolute Gasteiger partial charge is 0.339 e. The number of rotatable bonds is 3. The number of carboxylic acid groups (broad SMARTS) is 1. The van der Waals surface area contributed by atoms with Crippen LogP contribution in [0.3, 0.4) is 0 Å². The van der Waals surface area contributed by atoms with E-state index in [0.29, 0.717) is 0 Å². The largest absolute Gasteiger partial charge is 0.505 e. The molecule has 1 amide bonds. The summed E-state index contributed by atoms with van der Waals surface area (Å²) in [5.74, 6) is -2.44. The molecule has 0 radical (unpaired) electrons. The molecule has 3 N–H and O–H groups in total. The fraction of sp³-hybridized carbons (Fsp3) is 0. The number of anilines is 1. The SMILES string of the molecule is O=C(Nc1cccc(C(=O)O)c1O)c1ccoc1Cl. The maximum Gasteiger partial charge on any atom is 0.339 e. The summed E-state index contributed by atoms with van der Waals surface area (Å²) >= 11 is 5.64. The summed E-state index contributed by atoms with van der Waals surface area (Å²) in [6, 6.07) is 5.34. The number of aromatic hydroxyl groups is 1. The lowest BCUT2D eigenvalue weighted by Gasteiger charge is -2.08. The van der Waals surface area contributed by atoms with E-state index in [1.807, 2.05) is 0 Å². The van der Waals surface area contributed by atoms with Crippen LogP contribution >= 0.6 is 11.6 Å². The Morgan fingerprint density at radius 3 is 2.53 bits per heavy atom. The van der Waals surface area contributed by atoms with Crippen LogP contribution in [0.4, 0.5) is 5.69 Å². The first-order valence-electron chi connectivity index (χ1n) is 5.10. The van der Waals surface area contributed by atoms with Crippen molar-refractivity contribution in [3.8, 4) is 5.75 Å². The molecule has 0 spiro atoms. The lowest BCUT2D eigenvalue weighted by Crippen LogP contribution is -2.12. The summed E-state index contributed by atoms with van der Waals surface area (Å²) in [4.78, 5) is 22.6. The minimum absolute atomic E-state index is 0.0258. The number of carboxylic acids is 1. The number of hydrogen-bond acceptors (Lipinski definition) is 4. The van der Waals surface area contributed by atoms with Gasteiger partial charge in [-0.3, -0.25) is 4.79 Å². The van der Waals surface area contributed by atoms with E-state index < -0.39 is 17.6 Å². The first-order chi connectivity index (χ1) is 9.00. The van der Waals surface area contributed by atoms with Gasteiger partial charge in [0.1, 0.15) is 5.56 Å². The molecule has 2 aromatic rings. The Morgan fingerprint density at radius 2 is 1.95 bits per heavy atom. The highest BCUT2D eigenvalue weighted by atomic mass is 35.5. The van der Waals surface area contributed by atoms with Crippen LogP contribution in [-0.4, -0.2) is 22.1 Å². The predicted octanol–water partition coefficient (Wildman–Crippen LogP) is 2.59. The molecular formula is C12H8ClNO5. The molecule has 1 aromatic carbocycles. The molecule has 0 bridgehead atoms. The maximum atomic E-state index is 11.8. The minimum atomic E-state index is -1.30. The lowest BCUT2D eigenvalue weighted by molar-refractivity contribution is 0.0693. The van der Waals surface area contributed by atoms with Crippen molar-refractivity contribution in [1.82, 2.24) is 0 Å². The molecule has 0 saturated carbocycles. The number of nitrogens with one attached hydrogen (secondary N) is 1. The number of furan rings is 1. The molecule has 0 unspecified atom stereocenters. The van der Waals surface area contributed by atoms with E-state index in [4.69, 9.17) is 21.1 Å². The van der Waals surface area contributed by atoms with Gasteiger partial charge in [0.05, 0.1) is 17.5 Å². The molecule has 0 aliphatic rings. The number of halogens is 1. The monoisotopic (exact) mass is 281 g/mol. The molecular weight excluding hydrogens is 274 g/mol. The third-order valence-corrected chi connectivity index (χ3v) is 2.67. The van der Waals surface area contributed by atoms with Gasteiger partial charge in [-0.15, -0.1) is 0 Å². The summed E-state index contributed by atoms with van der Waals surface area (Å²) in [5.41, 5.74) is -0.250. The molecule has 6 nitrogen and oxygen atoms in total. The Bertz CT molecular complexity index is 649. The zero-order chi connectivity index (χ0) is 14.0. The number of phenols is 1. The van der Waals surface area contributed by atoms with Crippen molar-refractivity contribution >= 4 is 29.2 Å². The standard InChI is InChI=1S/C12H8ClNO5/c13-10-7(4-5-19-10)11(16)14-8-3-1-2-6(9(8)15)12(17)18/h1-5,15H,(H,14,16)(H,17,18). The second-order valence-corrected chi connectivity index (χ2v) is 3.91. The van der Waals surface area contributed by atoms with Gasteiger partial charge in [-0.2, -0.15) is 0 Å². The summed E-state index contributed by atoms with van der Waals surface area (Å²) in [5, 5.41) is 20.8. The summed E-state index contributed by atoms with van der Waals surface area (Å²) in [6.45, 7) is 0. The van der Waals surface area contributed by atoms with Crippen LogP contribution in [0.1, 0.15) is 20.7 Å². The first-order valence-corrected chi connectivity index (χ1v) is 5.48. The number of benzene rings is 1. The van der Waals surface area contributed by atoms with E-state index >= 15 is 0 Å². The van der Waals surface area contributed by atoms with Crippen LogP contribution in [-0.2, 0) is 0 Å². The number of carbonyl (C=O) groups excluding carboxylic acids is 1. The number of para-hydroxylation sites is 1. The van der Waals surface area contributed by atoms with Crippen molar-refractivity contribution in [3.05, 3.63) is 46.9 Å². The van der Waals surface area contributed by atoms with Gasteiger partial charge >= 0.3 is 5.97 Å². The number of aromatic carboxylic acids is 1. The second kappa shape index (κ2) is 5.03. The molecule has 1 heterocycles. The van der Waals surface area contributed by atoms with E-state index in [2.05, 4.69) is 5.32 Å². The molecule has 0 aliphatic heterocycles. The average molecular weight is 282 g/mol. The van der Waals surface area contributed by atoms with Crippen molar-refractivity contribution < 1.29 is 24.2 Å². The van der Waals surface area contributed by atoms with Crippen molar-refractivity contribution in [2.75, 3.05) is 5.32 Å². The quantitative estimate of drug-likeness (QED) is 0.751. The third kappa shape index (κ3) is 2.53. The van der Waals surface area contributed by atoms with Gasteiger partial charge in [0.15, 0.2) is 5.75 Å². The third-order valence-electron chi connectivity index (χ3n) is 2.38. The molecule has 0 aliphatic carbocycles. The van der Waals surface area contributed by atoms with E-state index in [1.165, 1.54) is 30.5 Å². The van der Waals surface area contributed by atoms with E-state index in [0.717, 1.165) is 0 Å². The maximum absolute atomic E-state index is 11.8. The average Bonchev–Trinajstić information content (AvgIpc) is 2.77. The zero-order valence-corrected chi connectivity index (χ0v) is 10.1. The topological polar surface area (TPSA) is 99.8 Å². The van der Waals surface area contributed by atoms with Crippen molar-refractivity contribution in [2.45, 2.75) is 0 Å². The van der Waals surface area contributed by atoms with Crippen molar-refractivity contribution in [3.63, 3.8) is 0 Å². The molecule has 98 valence electrons. The summed E-state index contributed by atoms with van der Waals surface area (Å²) in [7, 11) is 0. The van der Waals surface area contributed by atoms with Crippen LogP contribution in [0.2, 0.25) is 5.22 Å². The predicted molar refractivity (Wildman–Crippen MR) is 66.7 cm³/mol. The molecule has 0 saturated heterocycles. The van der Waals surface area contributed by atoms with Crippen molar-refractivity contribution in [2.24, 2.45) is 0 Å². The second-order valence-electron chi connectivity index (χ2n) is 3.57. The number of amides is 1. The van der Waals surface area contributed by atoms with Crippen LogP contribution in [0.15, 0.2) is 34.9 Å². The number of carbonyl (C=O) groups is 2. The summed E-state index contributed by atoms with van der Waals surface area (Å²) in [6.07, 6.45) is 1.24. The van der Waals surface area contributed by atoms with Crippen LogP contribution in [0, 0.1) is 0 Å². The van der Waals surface area contributed by atoms with Gasteiger partial charge in [0, 0.05) is 0 Å². The highest BCUT2D eigenvalue weighted by Crippen LogP contribution is 2.28. The van der Waals surface area contributed by atoms with Gasteiger partial charge < -0.3 is 19.9 Å². The molecule has 2 rings (SSSR count). The Kier molecular flexibility index (Phi) is 3.43. The molecule has 0 fully saturated rings. The highest BCUT2D eigenvalue weighted by Gasteiger charge is 2.17. The first kappa shape index (κ1) is 13.0. The summed E-state index contributed by atoms with van der Waals surface area (Å²) < 4.78 is 4.76. The van der Waals surface area contributed by atoms with Gasteiger partial charge in [-0.25, -0.2) is 4.79 Å². The van der Waals surface area contributed by atoms with E-state index in [-0.39, 0.29) is 22.0 Å². The van der Waals surface area contributed by atoms with Crippen LogP contribution in [0.25, 0.3) is 0 Å². The van der Waals surface area contributed by atoms with Crippen LogP contribution in [0.5, 0.6) is 5.75 Å². The minimum Gasteiger partial charge on any atom is -0.505 e. The van der Waals surface area contributed by atoms with Gasteiger partial charge in [-0.05, 0) is 29.8 Å². The Balaban J connectivity index is 2.30. The normalized spacial score (nSPS) is 10.2. The van der Waals surface area contributed by atoms with Gasteiger partial charge in [-0.1, -0.05) is 6.07 Å². The zero-order valence-electron chi connectivity index (χ0n) is 9.38. The fourth-order valence-electron chi connectivity index (χ4n) is 1.46.